The maximum absolute atomic E-state index is 11.9. The van der Waals surface area contributed by atoms with Gasteiger partial charge in [0.2, 0.25) is 0 Å². The van der Waals surface area contributed by atoms with E-state index in [4.69, 9.17) is 11.6 Å². The van der Waals surface area contributed by atoms with Crippen LogP contribution >= 0.6 is 27.5 Å². The summed E-state index contributed by atoms with van der Waals surface area (Å²) >= 11 is 9.06. The first kappa shape index (κ1) is 13.6. The second kappa shape index (κ2) is 5.41. The zero-order valence-corrected chi connectivity index (χ0v) is 11.6. The van der Waals surface area contributed by atoms with Gasteiger partial charge in [0.25, 0.3) is 11.5 Å². The Kier molecular flexibility index (Phi) is 3.87. The molecule has 6 nitrogen and oxygen atoms in total. The molecule has 1 aromatic heterocycles. The summed E-state index contributed by atoms with van der Waals surface area (Å²) in [5.74, 6) is -0.652. The number of rotatable bonds is 2. The van der Waals surface area contributed by atoms with Crippen LogP contribution in [-0.4, -0.2) is 15.9 Å². The molecule has 3 N–H and O–H groups in total. The third-order valence-electron chi connectivity index (χ3n) is 2.24. The van der Waals surface area contributed by atoms with E-state index in [1.165, 1.54) is 6.07 Å². The van der Waals surface area contributed by atoms with Gasteiger partial charge in [0.15, 0.2) is 0 Å². The number of hydrogen-bond acceptors (Lipinski definition) is 3. The van der Waals surface area contributed by atoms with Crippen molar-refractivity contribution in [1.82, 2.24) is 9.97 Å². The van der Waals surface area contributed by atoms with E-state index in [9.17, 15) is 14.4 Å². The SMILES string of the molecule is O=C(Nc1cc(Cl)ccc1Br)c1c[nH]c(=O)[nH]c1=O. The van der Waals surface area contributed by atoms with Gasteiger partial charge in [-0.1, -0.05) is 11.6 Å². The van der Waals surface area contributed by atoms with Gasteiger partial charge in [0, 0.05) is 15.7 Å². The molecule has 0 aliphatic heterocycles. The molecule has 0 unspecified atom stereocenters. The van der Waals surface area contributed by atoms with Crippen molar-refractivity contribution < 1.29 is 4.79 Å². The number of aromatic amines is 2. The molecular formula is C11H7BrClN3O3. The van der Waals surface area contributed by atoms with E-state index in [0.717, 1.165) is 6.20 Å². The molecule has 0 radical (unpaired) electrons. The standard InChI is InChI=1S/C11H7BrClN3O3/c12-7-2-1-5(13)3-8(7)15-9(17)6-4-14-11(19)16-10(6)18/h1-4H,(H,15,17)(H2,14,16,18,19). The van der Waals surface area contributed by atoms with Crippen LogP contribution in [0.25, 0.3) is 0 Å². The van der Waals surface area contributed by atoms with E-state index in [-0.39, 0.29) is 5.56 Å². The molecule has 2 aromatic rings. The first-order chi connectivity index (χ1) is 8.97. The molecule has 0 fully saturated rings. The molecule has 0 aliphatic rings. The van der Waals surface area contributed by atoms with E-state index in [0.29, 0.717) is 15.2 Å². The van der Waals surface area contributed by atoms with E-state index in [1.54, 1.807) is 12.1 Å². The number of halogens is 2. The molecule has 0 saturated carbocycles. The highest BCUT2D eigenvalue weighted by Gasteiger charge is 2.12. The van der Waals surface area contributed by atoms with E-state index in [1.807, 2.05) is 4.98 Å². The van der Waals surface area contributed by atoms with Crippen LogP contribution < -0.4 is 16.6 Å². The van der Waals surface area contributed by atoms with Crippen molar-refractivity contribution in [2.75, 3.05) is 5.32 Å². The number of nitrogens with one attached hydrogen (secondary N) is 3. The Hall–Kier alpha value is -1.86. The van der Waals surface area contributed by atoms with Crippen molar-refractivity contribution >= 4 is 39.1 Å². The molecule has 0 bridgehead atoms. The molecule has 1 heterocycles. The van der Waals surface area contributed by atoms with Crippen LogP contribution in [0.15, 0.2) is 38.5 Å². The Morgan fingerprint density at radius 2 is 2.05 bits per heavy atom. The van der Waals surface area contributed by atoms with Crippen LogP contribution in [0.5, 0.6) is 0 Å². The molecule has 98 valence electrons. The fourth-order valence-electron chi connectivity index (χ4n) is 1.36. The summed E-state index contributed by atoms with van der Waals surface area (Å²) < 4.78 is 0.617. The second-order valence-electron chi connectivity index (χ2n) is 3.56. The lowest BCUT2D eigenvalue weighted by Gasteiger charge is -2.07. The van der Waals surface area contributed by atoms with Crippen LogP contribution in [0.3, 0.4) is 0 Å². The van der Waals surface area contributed by atoms with Crippen molar-refractivity contribution in [2.24, 2.45) is 0 Å². The molecule has 0 saturated heterocycles. The van der Waals surface area contributed by atoms with Crippen molar-refractivity contribution in [2.45, 2.75) is 0 Å². The summed E-state index contributed by atoms with van der Waals surface area (Å²) in [6.07, 6.45) is 1.05. The van der Waals surface area contributed by atoms with Gasteiger partial charge in [-0.15, -0.1) is 0 Å². The van der Waals surface area contributed by atoms with Crippen molar-refractivity contribution in [3.05, 3.63) is 60.3 Å². The lowest BCUT2D eigenvalue weighted by Crippen LogP contribution is -2.29. The van der Waals surface area contributed by atoms with Crippen LogP contribution in [0.4, 0.5) is 5.69 Å². The Labute approximate surface area is 119 Å². The molecule has 19 heavy (non-hydrogen) atoms. The predicted octanol–water partition coefficient (Wildman–Crippen LogP) is 1.73. The normalized spacial score (nSPS) is 10.2. The molecule has 0 atom stereocenters. The van der Waals surface area contributed by atoms with Gasteiger partial charge < -0.3 is 10.3 Å². The Balaban J connectivity index is 2.33. The topological polar surface area (TPSA) is 94.8 Å². The largest absolute Gasteiger partial charge is 0.325 e. The molecule has 1 amide bonds. The Morgan fingerprint density at radius 3 is 2.74 bits per heavy atom. The van der Waals surface area contributed by atoms with E-state index < -0.39 is 17.2 Å². The summed E-state index contributed by atoms with van der Waals surface area (Å²) in [6.45, 7) is 0. The third kappa shape index (κ3) is 3.12. The summed E-state index contributed by atoms with van der Waals surface area (Å²) in [4.78, 5) is 38.4. The van der Waals surface area contributed by atoms with Gasteiger partial charge in [-0.2, -0.15) is 0 Å². The quantitative estimate of drug-likeness (QED) is 0.774. The average molecular weight is 345 g/mol. The highest BCUT2D eigenvalue weighted by molar-refractivity contribution is 9.10. The fourth-order valence-corrected chi connectivity index (χ4v) is 1.88. The molecule has 2 rings (SSSR count). The molecule has 8 heteroatoms. The number of H-pyrrole nitrogens is 2. The average Bonchev–Trinajstić information content (AvgIpc) is 2.33. The highest BCUT2D eigenvalue weighted by Crippen LogP contribution is 2.26. The van der Waals surface area contributed by atoms with Crippen molar-refractivity contribution in [3.63, 3.8) is 0 Å². The van der Waals surface area contributed by atoms with Crippen LogP contribution in [0, 0.1) is 0 Å². The van der Waals surface area contributed by atoms with Gasteiger partial charge in [-0.25, -0.2) is 4.79 Å². The monoisotopic (exact) mass is 343 g/mol. The molecule has 0 aliphatic carbocycles. The maximum Gasteiger partial charge on any atom is 0.325 e. The number of aromatic nitrogens is 2. The van der Waals surface area contributed by atoms with Gasteiger partial charge >= 0.3 is 5.69 Å². The first-order valence-corrected chi connectivity index (χ1v) is 6.23. The third-order valence-corrected chi connectivity index (χ3v) is 3.17. The zero-order chi connectivity index (χ0) is 14.0. The molecular weight excluding hydrogens is 337 g/mol. The van der Waals surface area contributed by atoms with Gasteiger partial charge in [0.1, 0.15) is 5.56 Å². The van der Waals surface area contributed by atoms with Gasteiger partial charge in [0.05, 0.1) is 5.69 Å². The number of anilines is 1. The van der Waals surface area contributed by atoms with Crippen molar-refractivity contribution in [1.29, 1.82) is 0 Å². The molecule has 0 spiro atoms. The zero-order valence-electron chi connectivity index (χ0n) is 9.29. The summed E-state index contributed by atoms with van der Waals surface area (Å²) in [5.41, 5.74) is -1.22. The van der Waals surface area contributed by atoms with Crippen molar-refractivity contribution in [3.8, 4) is 0 Å². The number of amides is 1. The predicted molar refractivity (Wildman–Crippen MR) is 74.8 cm³/mol. The number of hydrogen-bond donors (Lipinski definition) is 3. The Bertz CT molecular complexity index is 753. The summed E-state index contributed by atoms with van der Waals surface area (Å²) in [5, 5.41) is 2.95. The number of carbonyl (C=O) groups is 1. The van der Waals surface area contributed by atoms with Gasteiger partial charge in [-0.05, 0) is 34.1 Å². The van der Waals surface area contributed by atoms with Crippen LogP contribution in [-0.2, 0) is 0 Å². The lowest BCUT2D eigenvalue weighted by atomic mass is 10.2. The Morgan fingerprint density at radius 1 is 1.32 bits per heavy atom. The summed E-state index contributed by atoms with van der Waals surface area (Å²) in [7, 11) is 0. The second-order valence-corrected chi connectivity index (χ2v) is 4.85. The van der Waals surface area contributed by atoms with Crippen LogP contribution in [0.1, 0.15) is 10.4 Å². The first-order valence-electron chi connectivity index (χ1n) is 5.06. The highest BCUT2D eigenvalue weighted by atomic mass is 79.9. The summed E-state index contributed by atoms with van der Waals surface area (Å²) in [6, 6.07) is 4.84. The van der Waals surface area contributed by atoms with E-state index in [2.05, 4.69) is 26.2 Å². The molecule has 1 aromatic carbocycles. The smallest absolute Gasteiger partial charge is 0.321 e. The minimum Gasteiger partial charge on any atom is -0.321 e. The van der Waals surface area contributed by atoms with Crippen LogP contribution in [0.2, 0.25) is 5.02 Å². The maximum atomic E-state index is 11.9. The van der Waals surface area contributed by atoms with Gasteiger partial charge in [-0.3, -0.25) is 14.6 Å². The number of benzene rings is 1. The minimum absolute atomic E-state index is 0.202. The minimum atomic E-state index is -0.764. The number of carbonyl (C=O) groups excluding carboxylic acids is 1. The lowest BCUT2D eigenvalue weighted by molar-refractivity contribution is 0.102. The fraction of sp³-hybridized carbons (Fsp3) is 0. The van der Waals surface area contributed by atoms with E-state index >= 15 is 0 Å².